The van der Waals surface area contributed by atoms with Gasteiger partial charge in [0.1, 0.15) is 10.8 Å². The van der Waals surface area contributed by atoms with Crippen LogP contribution in [0.5, 0.6) is 0 Å². The molecule has 0 spiro atoms. The normalized spacial score (nSPS) is 20.6. The van der Waals surface area contributed by atoms with Crippen molar-refractivity contribution in [2.75, 3.05) is 0 Å². The van der Waals surface area contributed by atoms with Crippen molar-refractivity contribution < 1.29 is 0 Å². The van der Waals surface area contributed by atoms with Gasteiger partial charge in [0.05, 0.1) is 11.0 Å². The fourth-order valence-corrected chi connectivity index (χ4v) is 11.1. The van der Waals surface area contributed by atoms with Crippen LogP contribution in [0.15, 0.2) is 182 Å². The second-order valence-corrected chi connectivity index (χ2v) is 16.0. The van der Waals surface area contributed by atoms with E-state index in [1.807, 2.05) is 12.4 Å². The molecule has 266 valence electrons. The number of hydrogen-bond donors (Lipinski definition) is 0. The number of aromatic nitrogens is 2. The van der Waals surface area contributed by atoms with Gasteiger partial charge in [-0.15, -0.1) is 0 Å². The van der Waals surface area contributed by atoms with Crippen LogP contribution in [0, 0.1) is 23.7 Å². The van der Waals surface area contributed by atoms with Crippen molar-refractivity contribution in [3.63, 3.8) is 0 Å². The molecule has 0 saturated heterocycles. The van der Waals surface area contributed by atoms with Gasteiger partial charge in [-0.05, 0) is 78.9 Å². The van der Waals surface area contributed by atoms with Gasteiger partial charge in [-0.3, -0.25) is 9.97 Å². The Labute approximate surface area is 336 Å². The van der Waals surface area contributed by atoms with E-state index in [1.54, 1.807) is 0 Å². The fourth-order valence-electron chi connectivity index (χ4n) is 11.1. The topological polar surface area (TPSA) is 25.8 Å². The van der Waals surface area contributed by atoms with Gasteiger partial charge in [-0.1, -0.05) is 181 Å². The lowest BCUT2D eigenvalue weighted by Crippen LogP contribution is -2.41. The fraction of sp³-hybridized carbons (Fsp3) is 0.0714. The van der Waals surface area contributed by atoms with Gasteiger partial charge < -0.3 is 0 Å². The Hall–Kier alpha value is -7.52. The summed E-state index contributed by atoms with van der Waals surface area (Å²) in [6.07, 6.45) is 3.81. The molecule has 0 unspecified atom stereocenters. The molecule has 6 aliphatic carbocycles. The van der Waals surface area contributed by atoms with Crippen LogP contribution in [0.3, 0.4) is 0 Å². The molecule has 2 nitrogen and oxygen atoms in total. The van der Waals surface area contributed by atoms with E-state index in [2.05, 4.69) is 194 Å². The summed E-state index contributed by atoms with van der Waals surface area (Å²) in [7, 11) is 0. The molecule has 2 aromatic heterocycles. The molecule has 58 heavy (non-hydrogen) atoms. The van der Waals surface area contributed by atoms with Gasteiger partial charge in [0.15, 0.2) is 0 Å². The van der Waals surface area contributed by atoms with Crippen molar-refractivity contribution in [1.82, 2.24) is 9.97 Å². The van der Waals surface area contributed by atoms with E-state index in [4.69, 9.17) is 9.97 Å². The minimum absolute atomic E-state index is 0.217. The monoisotopic (exact) mass is 732 g/mol. The number of benzene rings is 7. The molecular formula is C56H32N2. The van der Waals surface area contributed by atoms with Crippen LogP contribution in [-0.4, -0.2) is 9.97 Å². The maximum atomic E-state index is 5.02. The molecule has 15 rings (SSSR count). The van der Waals surface area contributed by atoms with Crippen LogP contribution in [0.1, 0.15) is 89.7 Å². The Morgan fingerprint density at radius 1 is 0.345 bits per heavy atom. The van der Waals surface area contributed by atoms with E-state index in [-0.39, 0.29) is 11.8 Å². The number of rotatable bonds is 0. The molecule has 0 N–H and O–H groups in total. The molecule has 2 heteroatoms. The van der Waals surface area contributed by atoms with Crippen LogP contribution in [0.2, 0.25) is 0 Å². The maximum Gasteiger partial charge on any atom is 0.107 e. The second-order valence-electron chi connectivity index (χ2n) is 16.0. The predicted octanol–water partition coefficient (Wildman–Crippen LogP) is 11.2. The van der Waals surface area contributed by atoms with Crippen LogP contribution < -0.4 is 0 Å². The number of nitrogens with zero attached hydrogens (tertiary/aromatic N) is 2. The lowest BCUT2D eigenvalue weighted by molar-refractivity contribution is 0.666. The second kappa shape index (κ2) is 11.5. The first-order chi connectivity index (χ1) is 28.7. The van der Waals surface area contributed by atoms with Crippen LogP contribution >= 0.6 is 0 Å². The van der Waals surface area contributed by atoms with E-state index in [0.717, 1.165) is 32.9 Å². The molecular weight excluding hydrogens is 701 g/mol. The Bertz CT molecular complexity index is 2940. The van der Waals surface area contributed by atoms with E-state index in [0.29, 0.717) is 0 Å². The van der Waals surface area contributed by atoms with E-state index >= 15 is 0 Å². The van der Waals surface area contributed by atoms with Gasteiger partial charge in [-0.25, -0.2) is 0 Å². The number of fused-ring (bicyclic) bond motifs is 3. The molecule has 0 radical (unpaired) electrons. The third kappa shape index (κ3) is 3.99. The van der Waals surface area contributed by atoms with Gasteiger partial charge in [0.25, 0.3) is 0 Å². The molecule has 0 aliphatic heterocycles. The molecule has 4 bridgehead atoms. The zero-order chi connectivity index (χ0) is 38.0. The highest BCUT2D eigenvalue weighted by atomic mass is 14.7. The predicted molar refractivity (Wildman–Crippen MR) is 231 cm³/mol. The summed E-state index contributed by atoms with van der Waals surface area (Å²) < 4.78 is 0. The summed E-state index contributed by atoms with van der Waals surface area (Å²) in [6, 6.07) is 61.8. The number of hydrogen-bond acceptors (Lipinski definition) is 2. The molecule has 2 heterocycles. The summed E-state index contributed by atoms with van der Waals surface area (Å²) >= 11 is 0. The maximum absolute atomic E-state index is 5.02. The lowest BCUT2D eigenvalue weighted by Gasteiger charge is -2.48. The average Bonchev–Trinajstić information content (AvgIpc) is 3.30. The van der Waals surface area contributed by atoms with Crippen molar-refractivity contribution in [3.05, 3.63) is 260 Å². The molecule has 7 aromatic carbocycles. The van der Waals surface area contributed by atoms with Crippen molar-refractivity contribution in [3.8, 4) is 23.7 Å². The van der Waals surface area contributed by atoms with Gasteiger partial charge in [0.2, 0.25) is 0 Å². The molecule has 0 saturated carbocycles. The molecule has 0 fully saturated rings. The van der Waals surface area contributed by atoms with Crippen molar-refractivity contribution in [1.29, 1.82) is 0 Å². The minimum atomic E-state index is -0.571. The molecule has 9 aromatic rings. The largest absolute Gasteiger partial charge is 0.253 e. The van der Waals surface area contributed by atoms with E-state index < -0.39 is 10.8 Å². The summed E-state index contributed by atoms with van der Waals surface area (Å²) in [4.78, 5) is 10.0. The lowest BCUT2D eigenvalue weighted by atomic mass is 9.53. The zero-order valence-corrected chi connectivity index (χ0v) is 31.4. The smallest absolute Gasteiger partial charge is 0.107 e. The highest BCUT2D eigenvalue weighted by Crippen LogP contribution is 2.60. The first-order valence-corrected chi connectivity index (χ1v) is 20.1. The highest BCUT2D eigenvalue weighted by molar-refractivity contribution is 6.03. The SMILES string of the molecule is C(#CC12c3ccccc3C(c3ccccc31)c1ccccc12)c1cnc2c(ccc3cc(C#CC45c6ccccc6C(c6ccccc64)c4ccccc45)cnc32)c1. The average molecular weight is 733 g/mol. The first kappa shape index (κ1) is 31.7. The minimum Gasteiger partial charge on any atom is -0.253 e. The molecule has 0 amide bonds. The quantitative estimate of drug-likeness (QED) is 0.115. The third-order valence-electron chi connectivity index (χ3n) is 13.3. The molecule has 6 aliphatic rings. The van der Waals surface area contributed by atoms with E-state index in [1.165, 1.54) is 66.8 Å². The van der Waals surface area contributed by atoms with Crippen LogP contribution in [-0.2, 0) is 10.8 Å². The van der Waals surface area contributed by atoms with Crippen LogP contribution in [0.25, 0.3) is 21.8 Å². The summed E-state index contributed by atoms with van der Waals surface area (Å²) in [5.74, 6) is 15.4. The highest BCUT2D eigenvalue weighted by Gasteiger charge is 2.52. The summed E-state index contributed by atoms with van der Waals surface area (Å²) in [6.45, 7) is 0. The van der Waals surface area contributed by atoms with Gasteiger partial charge in [-0.2, -0.15) is 0 Å². The standard InChI is InChI=1S/C56H32N2/c1-7-19-45-39(13-1)51-40-14-2-8-20-46(40)55(45,47-21-9-3-15-41(47)51)29-27-35-31-37-25-26-38-32-36(34-58-54(38)53(37)57-33-35)28-30-56-48-22-10-4-16-42(48)52(43-17-5-11-23-49(43)56)44-18-6-12-24-50(44)56/h1-26,31-34,51-52H. The van der Waals surface area contributed by atoms with Crippen LogP contribution in [0.4, 0.5) is 0 Å². The Balaban J connectivity index is 0.917. The third-order valence-corrected chi connectivity index (χ3v) is 13.3. The van der Waals surface area contributed by atoms with Crippen molar-refractivity contribution in [2.24, 2.45) is 0 Å². The molecule has 0 atom stereocenters. The Morgan fingerprint density at radius 2 is 0.621 bits per heavy atom. The summed E-state index contributed by atoms with van der Waals surface area (Å²) in [5.41, 5.74) is 18.1. The van der Waals surface area contributed by atoms with E-state index in [9.17, 15) is 0 Å². The van der Waals surface area contributed by atoms with Gasteiger partial charge >= 0.3 is 0 Å². The van der Waals surface area contributed by atoms with Crippen molar-refractivity contribution in [2.45, 2.75) is 22.7 Å². The van der Waals surface area contributed by atoms with Crippen molar-refractivity contribution >= 4 is 21.8 Å². The Kier molecular flexibility index (Phi) is 6.29. The summed E-state index contributed by atoms with van der Waals surface area (Å²) in [5, 5.41) is 2.03. The Morgan fingerprint density at radius 3 is 0.914 bits per heavy atom. The first-order valence-electron chi connectivity index (χ1n) is 20.1. The number of pyridine rings is 2. The van der Waals surface area contributed by atoms with Gasteiger partial charge in [0, 0.05) is 46.1 Å². The zero-order valence-electron chi connectivity index (χ0n) is 31.4.